The van der Waals surface area contributed by atoms with Crippen LogP contribution in [0.4, 0.5) is 5.69 Å². The number of rotatable bonds is 6. The van der Waals surface area contributed by atoms with Gasteiger partial charge in [0.25, 0.3) is 0 Å². The van der Waals surface area contributed by atoms with Crippen molar-refractivity contribution in [3.63, 3.8) is 0 Å². The van der Waals surface area contributed by atoms with Gasteiger partial charge in [0.2, 0.25) is 11.0 Å². The molecule has 0 aliphatic carbocycles. The van der Waals surface area contributed by atoms with Crippen molar-refractivity contribution in [2.75, 3.05) is 25.1 Å². The molecule has 39 heavy (non-hydrogen) atoms. The number of benzene rings is 4. The Morgan fingerprint density at radius 1 is 0.821 bits per heavy atom. The molecule has 6 nitrogen and oxygen atoms in total. The second-order valence-electron chi connectivity index (χ2n) is 9.29. The number of nitrogens with zero attached hydrogens (tertiary/aromatic N) is 2. The van der Waals surface area contributed by atoms with Crippen molar-refractivity contribution < 1.29 is 22.3 Å². The van der Waals surface area contributed by atoms with E-state index in [1.165, 1.54) is 45.2 Å². The number of anilines is 1. The van der Waals surface area contributed by atoms with Gasteiger partial charge in [-0.2, -0.15) is 4.57 Å². The largest absolute Gasteiger partial charge is 0.744 e. The zero-order valence-electron chi connectivity index (χ0n) is 23.0. The van der Waals surface area contributed by atoms with Gasteiger partial charge in [-0.15, -0.1) is 0 Å². The third-order valence-corrected chi connectivity index (χ3v) is 7.81. The molecule has 4 aromatic carbocycles. The fourth-order valence-corrected chi connectivity index (χ4v) is 5.37. The topological polar surface area (TPSA) is 73.5 Å². The number of hydrogen-bond acceptors (Lipinski definition) is 5. The van der Waals surface area contributed by atoms with Crippen LogP contribution < -0.4 is 14.2 Å². The smallest absolute Gasteiger partial charge is 0.213 e. The third kappa shape index (κ3) is 5.90. The average Bonchev–Trinajstić information content (AvgIpc) is 2.94. The average molecular weight is 543 g/mol. The van der Waals surface area contributed by atoms with Crippen molar-refractivity contribution >= 4 is 37.6 Å². The molecule has 0 aliphatic rings. The monoisotopic (exact) mass is 542 g/mol. The molecule has 0 saturated carbocycles. The Morgan fingerprint density at radius 3 is 1.85 bits per heavy atom. The first kappa shape index (κ1) is 28.1. The van der Waals surface area contributed by atoms with Gasteiger partial charge < -0.3 is 14.2 Å². The van der Waals surface area contributed by atoms with Gasteiger partial charge in [0.15, 0.2) is 0 Å². The van der Waals surface area contributed by atoms with Crippen LogP contribution in [0.25, 0.3) is 32.9 Å². The zero-order chi connectivity index (χ0) is 28.2. The minimum Gasteiger partial charge on any atom is -0.744 e. The van der Waals surface area contributed by atoms with Crippen molar-refractivity contribution in [1.82, 2.24) is 0 Å². The molecule has 5 rings (SSSR count). The highest BCUT2D eigenvalue weighted by Crippen LogP contribution is 2.40. The van der Waals surface area contributed by atoms with E-state index in [2.05, 4.69) is 97.1 Å². The third-order valence-electron chi connectivity index (χ3n) is 6.96. The highest BCUT2D eigenvalue weighted by atomic mass is 32.2. The van der Waals surface area contributed by atoms with Gasteiger partial charge in [0.1, 0.15) is 22.9 Å². The highest BCUT2D eigenvalue weighted by Gasteiger charge is 2.21. The molecule has 0 spiro atoms. The number of ether oxygens (including phenoxy) is 1. The Kier molecular flexibility index (Phi) is 8.53. The fourth-order valence-electron chi connectivity index (χ4n) is 4.90. The summed E-state index contributed by atoms with van der Waals surface area (Å²) in [4.78, 5) is 2.16. The Bertz CT molecular complexity index is 1650. The Hall–Kier alpha value is -3.94. The lowest BCUT2D eigenvalue weighted by Crippen LogP contribution is -2.30. The summed E-state index contributed by atoms with van der Waals surface area (Å²) in [5, 5.41) is 2.47. The number of para-hydroxylation sites is 2. The summed E-state index contributed by atoms with van der Waals surface area (Å²) < 4.78 is 39.3. The van der Waals surface area contributed by atoms with Crippen LogP contribution in [0.3, 0.4) is 0 Å². The van der Waals surface area contributed by atoms with Gasteiger partial charge >= 0.3 is 0 Å². The lowest BCUT2D eigenvalue weighted by atomic mass is 9.94. The molecule has 0 amide bonds. The molecular formula is C32H34N2O4S. The van der Waals surface area contributed by atoms with Crippen molar-refractivity contribution in [3.05, 3.63) is 96.6 Å². The van der Waals surface area contributed by atoms with Crippen LogP contribution in [0, 0.1) is 6.92 Å². The summed E-state index contributed by atoms with van der Waals surface area (Å²) in [6.07, 6.45) is 0. The summed E-state index contributed by atoms with van der Waals surface area (Å²) in [6, 6.07) is 29.6. The van der Waals surface area contributed by atoms with E-state index in [-0.39, 0.29) is 4.90 Å². The van der Waals surface area contributed by atoms with E-state index in [4.69, 9.17) is 4.74 Å². The maximum absolute atomic E-state index is 10.4. The van der Waals surface area contributed by atoms with E-state index >= 15 is 0 Å². The second-order valence-corrected chi connectivity index (χ2v) is 10.7. The number of hydrogen-bond donors (Lipinski definition) is 0. The van der Waals surface area contributed by atoms with Gasteiger partial charge in [-0.25, -0.2) is 8.42 Å². The van der Waals surface area contributed by atoms with Crippen LogP contribution >= 0.6 is 0 Å². The zero-order valence-corrected chi connectivity index (χ0v) is 23.8. The van der Waals surface area contributed by atoms with Crippen LogP contribution in [0.1, 0.15) is 19.4 Å². The first-order chi connectivity index (χ1) is 18.7. The van der Waals surface area contributed by atoms with Crippen LogP contribution in [-0.4, -0.2) is 33.2 Å². The molecule has 0 aliphatic heterocycles. The summed E-state index contributed by atoms with van der Waals surface area (Å²) in [7, 11) is -0.373. The Labute approximate surface area is 230 Å². The van der Waals surface area contributed by atoms with Crippen LogP contribution in [0.5, 0.6) is 5.75 Å². The molecule has 0 fully saturated rings. The lowest BCUT2D eigenvalue weighted by molar-refractivity contribution is -0.617. The number of methoxy groups -OCH3 is 1. The van der Waals surface area contributed by atoms with Gasteiger partial charge in [-0.05, 0) is 57.2 Å². The molecular weight excluding hydrogens is 508 g/mol. The summed E-state index contributed by atoms with van der Waals surface area (Å²) >= 11 is 0. The molecule has 7 heteroatoms. The normalized spacial score (nSPS) is 11.2. The van der Waals surface area contributed by atoms with E-state index < -0.39 is 10.1 Å². The van der Waals surface area contributed by atoms with Gasteiger partial charge in [0, 0.05) is 48.1 Å². The minimum absolute atomic E-state index is 0.178. The molecule has 202 valence electrons. The van der Waals surface area contributed by atoms with Gasteiger partial charge in [-0.1, -0.05) is 42.0 Å². The molecule has 5 aromatic rings. The van der Waals surface area contributed by atoms with E-state index in [9.17, 15) is 13.0 Å². The first-order valence-electron chi connectivity index (χ1n) is 12.9. The summed E-state index contributed by atoms with van der Waals surface area (Å²) in [5.74, 6) is 0.911. The summed E-state index contributed by atoms with van der Waals surface area (Å²) in [6.45, 7) is 8.14. The maximum atomic E-state index is 10.4. The van der Waals surface area contributed by atoms with Crippen LogP contribution in [0.2, 0.25) is 0 Å². The number of pyridine rings is 1. The first-order valence-corrected chi connectivity index (χ1v) is 14.4. The quantitative estimate of drug-likeness (QED) is 0.144. The number of aryl methyl sites for hydroxylation is 2. The van der Waals surface area contributed by atoms with Crippen molar-refractivity contribution in [3.8, 4) is 16.9 Å². The van der Waals surface area contributed by atoms with Crippen molar-refractivity contribution in [2.45, 2.75) is 25.7 Å². The van der Waals surface area contributed by atoms with E-state index in [1.807, 2.05) is 6.92 Å². The molecule has 1 heterocycles. The highest BCUT2D eigenvalue weighted by molar-refractivity contribution is 7.85. The number of aromatic nitrogens is 1. The Balaban J connectivity index is 0.000000270. The van der Waals surface area contributed by atoms with Crippen LogP contribution in [0.15, 0.2) is 95.9 Å². The number of fused-ring (bicyclic) bond motifs is 2. The van der Waals surface area contributed by atoms with Crippen molar-refractivity contribution in [2.24, 2.45) is 7.05 Å². The molecule has 0 saturated heterocycles. The standard InChI is InChI=1S/C25H27N2O.C7H8O3S/c1-5-27(6-2)18-15-16-21(24(17-18)28-4)25-19-11-7-9-13-22(19)26(3)23-14-10-8-12-20(23)25;1-6-2-4-7(5-3-6)11(8,9)10/h7-17H,5-6H2,1-4H3;2-5H,1H3,(H,8,9,10)/q+1;/p-1. The molecule has 0 radical (unpaired) electrons. The summed E-state index contributed by atoms with van der Waals surface area (Å²) in [5.41, 5.74) is 6.91. The second kappa shape index (κ2) is 11.8. The van der Waals surface area contributed by atoms with Crippen LogP contribution in [-0.2, 0) is 17.2 Å². The van der Waals surface area contributed by atoms with E-state index in [0.29, 0.717) is 0 Å². The molecule has 0 N–H and O–H groups in total. The molecule has 0 unspecified atom stereocenters. The molecule has 0 atom stereocenters. The SMILES string of the molecule is CCN(CC)c1ccc(-c2c3ccccc3[n+](C)c3ccccc23)c(OC)c1.Cc1ccc(S(=O)(=O)[O-])cc1. The minimum atomic E-state index is -4.27. The van der Waals surface area contributed by atoms with Gasteiger partial charge in [-0.3, -0.25) is 0 Å². The molecule has 1 aromatic heterocycles. The van der Waals surface area contributed by atoms with E-state index in [0.717, 1.165) is 30.0 Å². The Morgan fingerprint density at radius 2 is 1.36 bits per heavy atom. The fraction of sp³-hybridized carbons (Fsp3) is 0.219. The van der Waals surface area contributed by atoms with Gasteiger partial charge in [0.05, 0.1) is 22.8 Å². The molecule has 0 bridgehead atoms. The van der Waals surface area contributed by atoms with E-state index in [1.54, 1.807) is 19.2 Å². The maximum Gasteiger partial charge on any atom is 0.213 e. The van der Waals surface area contributed by atoms with Crippen molar-refractivity contribution in [1.29, 1.82) is 0 Å². The predicted octanol–water partition coefficient (Wildman–Crippen LogP) is 6.24. The predicted molar refractivity (Wildman–Crippen MR) is 157 cm³/mol. The lowest BCUT2D eigenvalue weighted by Gasteiger charge is -2.23.